The van der Waals surface area contributed by atoms with Gasteiger partial charge in [-0.2, -0.15) is 0 Å². The van der Waals surface area contributed by atoms with E-state index in [-0.39, 0.29) is 17.9 Å². The number of rotatable bonds is 4. The topological polar surface area (TPSA) is 66.4 Å². The fraction of sp³-hybridized carbons (Fsp3) is 0.467. The first kappa shape index (κ1) is 15.3. The number of carbonyl (C=O) groups is 2. The molecule has 1 aliphatic rings. The normalized spacial score (nSPS) is 22.2. The van der Waals surface area contributed by atoms with Crippen molar-refractivity contribution in [3.8, 4) is 0 Å². The van der Waals surface area contributed by atoms with Crippen LogP contribution >= 0.6 is 22.6 Å². The van der Waals surface area contributed by atoms with Gasteiger partial charge in [0, 0.05) is 9.61 Å². The van der Waals surface area contributed by atoms with E-state index in [9.17, 15) is 9.59 Å². The molecule has 1 saturated carbocycles. The first-order valence-corrected chi connectivity index (χ1v) is 7.89. The average molecular weight is 387 g/mol. The van der Waals surface area contributed by atoms with E-state index in [1.807, 2.05) is 24.3 Å². The van der Waals surface area contributed by atoms with Gasteiger partial charge in [0.05, 0.1) is 12.3 Å². The van der Waals surface area contributed by atoms with Crippen LogP contribution in [0.1, 0.15) is 31.2 Å². The SMILES string of the molecule is O=C(Cc1ccc(I)cc1)NC1CCC(C(=O)O)CC1. The van der Waals surface area contributed by atoms with Crippen molar-refractivity contribution in [1.82, 2.24) is 5.32 Å². The molecule has 0 radical (unpaired) electrons. The van der Waals surface area contributed by atoms with Crippen molar-refractivity contribution in [2.45, 2.75) is 38.1 Å². The molecule has 0 atom stereocenters. The quantitative estimate of drug-likeness (QED) is 0.781. The van der Waals surface area contributed by atoms with Crippen LogP contribution in [0.15, 0.2) is 24.3 Å². The van der Waals surface area contributed by atoms with Gasteiger partial charge in [0.25, 0.3) is 0 Å². The van der Waals surface area contributed by atoms with Crippen LogP contribution in [0.3, 0.4) is 0 Å². The molecule has 0 aliphatic heterocycles. The molecule has 5 heteroatoms. The molecule has 2 N–H and O–H groups in total. The Kier molecular flexibility index (Phi) is 5.39. The second-order valence-electron chi connectivity index (χ2n) is 5.26. The van der Waals surface area contributed by atoms with Gasteiger partial charge in [0.1, 0.15) is 0 Å². The molecule has 20 heavy (non-hydrogen) atoms. The monoisotopic (exact) mass is 387 g/mol. The van der Waals surface area contributed by atoms with Crippen LogP contribution in [-0.2, 0) is 16.0 Å². The maximum absolute atomic E-state index is 12.0. The highest BCUT2D eigenvalue weighted by molar-refractivity contribution is 14.1. The fourth-order valence-electron chi connectivity index (χ4n) is 2.55. The Labute approximate surface area is 132 Å². The van der Waals surface area contributed by atoms with Crippen molar-refractivity contribution in [2.24, 2.45) is 5.92 Å². The standard InChI is InChI=1S/C15H18INO3/c16-12-5-1-10(2-6-12)9-14(18)17-13-7-3-11(4-8-13)15(19)20/h1-2,5-6,11,13H,3-4,7-9H2,(H,17,18)(H,19,20). The molecule has 0 unspecified atom stereocenters. The summed E-state index contributed by atoms with van der Waals surface area (Å²) in [4.78, 5) is 22.8. The molecule has 4 nitrogen and oxygen atoms in total. The van der Waals surface area contributed by atoms with Gasteiger partial charge in [-0.25, -0.2) is 0 Å². The van der Waals surface area contributed by atoms with Gasteiger partial charge in [-0.1, -0.05) is 12.1 Å². The van der Waals surface area contributed by atoms with Crippen LogP contribution in [0.25, 0.3) is 0 Å². The lowest BCUT2D eigenvalue weighted by Gasteiger charge is -2.26. The molecule has 0 aromatic heterocycles. The molecular formula is C15H18INO3. The predicted molar refractivity (Wildman–Crippen MR) is 84.4 cm³/mol. The van der Waals surface area contributed by atoms with Gasteiger partial charge in [-0.3, -0.25) is 9.59 Å². The van der Waals surface area contributed by atoms with Gasteiger partial charge in [-0.05, 0) is 66.0 Å². The van der Waals surface area contributed by atoms with Crippen LogP contribution in [0.5, 0.6) is 0 Å². The van der Waals surface area contributed by atoms with Crippen molar-refractivity contribution in [3.63, 3.8) is 0 Å². The first-order chi connectivity index (χ1) is 9.54. The summed E-state index contributed by atoms with van der Waals surface area (Å²) in [7, 11) is 0. The second kappa shape index (κ2) is 7.06. The fourth-order valence-corrected chi connectivity index (χ4v) is 2.91. The zero-order chi connectivity index (χ0) is 14.5. The largest absolute Gasteiger partial charge is 0.481 e. The highest BCUT2D eigenvalue weighted by Gasteiger charge is 2.26. The van der Waals surface area contributed by atoms with Gasteiger partial charge in [-0.15, -0.1) is 0 Å². The summed E-state index contributed by atoms with van der Waals surface area (Å²) in [6.07, 6.45) is 3.22. The number of hydrogen-bond acceptors (Lipinski definition) is 2. The molecule has 1 aliphatic carbocycles. The average Bonchev–Trinajstić information content (AvgIpc) is 2.42. The van der Waals surface area contributed by atoms with Gasteiger partial charge in [0.2, 0.25) is 5.91 Å². The van der Waals surface area contributed by atoms with E-state index in [2.05, 4.69) is 27.9 Å². The number of nitrogens with one attached hydrogen (secondary N) is 1. The van der Waals surface area contributed by atoms with Crippen LogP contribution in [0, 0.1) is 9.49 Å². The number of amides is 1. The number of carbonyl (C=O) groups excluding carboxylic acids is 1. The Hall–Kier alpha value is -1.11. The van der Waals surface area contributed by atoms with Crippen molar-refractivity contribution < 1.29 is 14.7 Å². The van der Waals surface area contributed by atoms with Crippen molar-refractivity contribution in [1.29, 1.82) is 0 Å². The third-order valence-corrected chi connectivity index (χ3v) is 4.44. The summed E-state index contributed by atoms with van der Waals surface area (Å²) in [5, 5.41) is 11.9. The van der Waals surface area contributed by atoms with Crippen molar-refractivity contribution >= 4 is 34.5 Å². The summed E-state index contributed by atoms with van der Waals surface area (Å²) in [5.41, 5.74) is 1.00. The lowest BCUT2D eigenvalue weighted by molar-refractivity contribution is -0.142. The molecule has 1 aromatic rings. The summed E-state index contributed by atoms with van der Waals surface area (Å²) < 4.78 is 1.15. The van der Waals surface area contributed by atoms with Crippen LogP contribution in [0.2, 0.25) is 0 Å². The molecular weight excluding hydrogens is 369 g/mol. The third kappa shape index (κ3) is 4.47. The summed E-state index contributed by atoms with van der Waals surface area (Å²) in [5.74, 6) is -0.932. The Morgan fingerprint density at radius 3 is 2.30 bits per heavy atom. The minimum Gasteiger partial charge on any atom is -0.481 e. The van der Waals surface area contributed by atoms with Crippen LogP contribution in [0.4, 0.5) is 0 Å². The number of hydrogen-bond donors (Lipinski definition) is 2. The summed E-state index contributed by atoms with van der Waals surface area (Å²) >= 11 is 2.23. The molecule has 2 rings (SSSR count). The first-order valence-electron chi connectivity index (χ1n) is 6.81. The van der Waals surface area contributed by atoms with Crippen molar-refractivity contribution in [2.75, 3.05) is 0 Å². The van der Waals surface area contributed by atoms with E-state index >= 15 is 0 Å². The lowest BCUT2D eigenvalue weighted by atomic mass is 9.86. The molecule has 0 spiro atoms. The Bertz CT molecular complexity index is 478. The number of aliphatic carboxylic acids is 1. The molecule has 108 valence electrons. The minimum atomic E-state index is -0.714. The summed E-state index contributed by atoms with van der Waals surface area (Å²) in [6, 6.07) is 8.02. The van der Waals surface area contributed by atoms with Gasteiger partial charge >= 0.3 is 5.97 Å². The molecule has 0 saturated heterocycles. The summed E-state index contributed by atoms with van der Waals surface area (Å²) in [6.45, 7) is 0. The van der Waals surface area contributed by atoms with Crippen LogP contribution in [-0.4, -0.2) is 23.0 Å². The lowest BCUT2D eigenvalue weighted by Crippen LogP contribution is -2.39. The number of halogens is 1. The third-order valence-electron chi connectivity index (χ3n) is 3.72. The van der Waals surface area contributed by atoms with Crippen LogP contribution < -0.4 is 5.32 Å². The second-order valence-corrected chi connectivity index (χ2v) is 6.50. The maximum atomic E-state index is 12.0. The van der Waals surface area contributed by atoms with Gasteiger partial charge in [0.15, 0.2) is 0 Å². The number of carboxylic acid groups (broad SMARTS) is 1. The zero-order valence-corrected chi connectivity index (χ0v) is 13.3. The van der Waals surface area contributed by atoms with E-state index in [4.69, 9.17) is 5.11 Å². The Morgan fingerprint density at radius 1 is 1.15 bits per heavy atom. The molecule has 0 bridgehead atoms. The van der Waals surface area contributed by atoms with E-state index in [0.29, 0.717) is 19.3 Å². The van der Waals surface area contributed by atoms with E-state index < -0.39 is 5.97 Å². The highest BCUT2D eigenvalue weighted by Crippen LogP contribution is 2.24. The molecule has 1 fully saturated rings. The van der Waals surface area contributed by atoms with E-state index in [1.54, 1.807) is 0 Å². The van der Waals surface area contributed by atoms with Crippen molar-refractivity contribution in [3.05, 3.63) is 33.4 Å². The molecule has 0 heterocycles. The van der Waals surface area contributed by atoms with E-state index in [1.165, 1.54) is 0 Å². The minimum absolute atomic E-state index is 0.0185. The van der Waals surface area contributed by atoms with E-state index in [0.717, 1.165) is 22.0 Å². The Morgan fingerprint density at radius 2 is 1.75 bits per heavy atom. The Balaban J connectivity index is 1.78. The highest BCUT2D eigenvalue weighted by atomic mass is 127. The maximum Gasteiger partial charge on any atom is 0.306 e. The number of carboxylic acids is 1. The molecule has 1 aromatic carbocycles. The van der Waals surface area contributed by atoms with Gasteiger partial charge < -0.3 is 10.4 Å². The smallest absolute Gasteiger partial charge is 0.306 e. The predicted octanol–water partition coefficient (Wildman–Crippen LogP) is 2.59. The zero-order valence-electron chi connectivity index (χ0n) is 11.1. The molecule has 1 amide bonds. The number of benzene rings is 1.